The highest BCUT2D eigenvalue weighted by atomic mass is 32.2. The van der Waals surface area contributed by atoms with Crippen LogP contribution in [0.1, 0.15) is 22.3 Å². The van der Waals surface area contributed by atoms with Crippen molar-refractivity contribution in [2.24, 2.45) is 0 Å². The van der Waals surface area contributed by atoms with Gasteiger partial charge in [-0.05, 0) is 31.0 Å². The van der Waals surface area contributed by atoms with Crippen molar-refractivity contribution < 1.29 is 23.1 Å². The molecule has 1 atom stereocenters. The van der Waals surface area contributed by atoms with Crippen molar-refractivity contribution in [3.8, 4) is 0 Å². The minimum Gasteiger partial charge on any atom is -0.478 e. The molecule has 1 saturated heterocycles. The Morgan fingerprint density at radius 1 is 1.47 bits per heavy atom. The predicted octanol–water partition coefficient (Wildman–Crippen LogP) is 0.760. The molecule has 1 unspecified atom stereocenters. The summed E-state index contributed by atoms with van der Waals surface area (Å²) in [5.74, 6) is -1.14. The van der Waals surface area contributed by atoms with E-state index in [1.807, 2.05) is 0 Å². The topological polar surface area (TPSA) is 92.7 Å². The summed E-state index contributed by atoms with van der Waals surface area (Å²) >= 11 is 0. The molecule has 0 saturated carbocycles. The summed E-state index contributed by atoms with van der Waals surface area (Å²) in [7, 11) is -3.72. The summed E-state index contributed by atoms with van der Waals surface area (Å²) in [4.78, 5) is 11.0. The lowest BCUT2D eigenvalue weighted by Crippen LogP contribution is -2.35. The summed E-state index contributed by atoms with van der Waals surface area (Å²) in [6, 6.07) is 3.96. The molecule has 1 aromatic rings. The molecule has 0 aliphatic carbocycles. The van der Waals surface area contributed by atoms with Gasteiger partial charge in [0.1, 0.15) is 0 Å². The fourth-order valence-electron chi connectivity index (χ4n) is 2.05. The maximum absolute atomic E-state index is 12.2. The number of hydrogen-bond donors (Lipinski definition) is 2. The second-order valence-corrected chi connectivity index (χ2v) is 6.10. The zero-order chi connectivity index (χ0) is 14.0. The Balaban J connectivity index is 2.34. The first-order valence-electron chi connectivity index (χ1n) is 5.85. The molecule has 1 aliphatic heterocycles. The number of benzene rings is 1. The molecule has 2 N–H and O–H groups in total. The smallest absolute Gasteiger partial charge is 0.335 e. The number of sulfonamides is 1. The van der Waals surface area contributed by atoms with E-state index in [0.29, 0.717) is 19.6 Å². The van der Waals surface area contributed by atoms with E-state index in [1.54, 1.807) is 0 Å². The first-order valence-corrected chi connectivity index (χ1v) is 7.33. The van der Waals surface area contributed by atoms with Crippen molar-refractivity contribution in [3.63, 3.8) is 0 Å². The van der Waals surface area contributed by atoms with E-state index in [9.17, 15) is 13.2 Å². The zero-order valence-corrected chi connectivity index (χ0v) is 11.2. The van der Waals surface area contributed by atoms with E-state index in [0.717, 1.165) is 0 Å². The molecule has 1 aromatic carbocycles. The number of carbonyl (C=O) groups is 1. The van der Waals surface area contributed by atoms with Crippen LogP contribution in [0.2, 0.25) is 0 Å². The van der Waals surface area contributed by atoms with Crippen LogP contribution in [0.5, 0.6) is 0 Å². The normalized spacial score (nSPS) is 19.5. The largest absolute Gasteiger partial charge is 0.478 e. The molecular weight excluding hydrogens is 270 g/mol. The molecule has 0 aromatic heterocycles. The summed E-state index contributed by atoms with van der Waals surface area (Å²) < 4.78 is 32.1. The minimum atomic E-state index is -3.72. The molecule has 1 heterocycles. The summed E-state index contributed by atoms with van der Waals surface area (Å²) in [5, 5.41) is 9.00. The van der Waals surface area contributed by atoms with Crippen LogP contribution in [0.15, 0.2) is 23.1 Å². The van der Waals surface area contributed by atoms with Gasteiger partial charge in [-0.15, -0.1) is 0 Å². The molecule has 0 radical (unpaired) electrons. The average molecular weight is 285 g/mol. The summed E-state index contributed by atoms with van der Waals surface area (Å²) in [6.45, 7) is 2.36. The lowest BCUT2D eigenvalue weighted by atomic mass is 10.1. The number of rotatable bonds is 4. The second kappa shape index (κ2) is 5.28. The van der Waals surface area contributed by atoms with Crippen molar-refractivity contribution in [2.75, 3.05) is 13.2 Å². The van der Waals surface area contributed by atoms with Crippen molar-refractivity contribution >= 4 is 16.0 Å². The monoisotopic (exact) mass is 285 g/mol. The molecule has 0 amide bonds. The molecule has 0 bridgehead atoms. The first-order chi connectivity index (χ1) is 8.92. The predicted molar refractivity (Wildman–Crippen MR) is 67.7 cm³/mol. The van der Waals surface area contributed by atoms with Gasteiger partial charge in [0.05, 0.1) is 17.1 Å². The van der Waals surface area contributed by atoms with Gasteiger partial charge in [-0.3, -0.25) is 0 Å². The maximum atomic E-state index is 12.2. The van der Waals surface area contributed by atoms with E-state index in [-0.39, 0.29) is 22.1 Å². The van der Waals surface area contributed by atoms with Gasteiger partial charge in [0.2, 0.25) is 10.0 Å². The summed E-state index contributed by atoms with van der Waals surface area (Å²) in [5.41, 5.74) is 0.229. The molecule has 6 nitrogen and oxygen atoms in total. The molecule has 2 rings (SSSR count). The Morgan fingerprint density at radius 3 is 2.79 bits per heavy atom. The maximum Gasteiger partial charge on any atom is 0.335 e. The van der Waals surface area contributed by atoms with Crippen molar-refractivity contribution in [3.05, 3.63) is 29.3 Å². The Hall–Kier alpha value is -1.44. The second-order valence-electron chi connectivity index (χ2n) is 4.42. The van der Waals surface area contributed by atoms with E-state index in [4.69, 9.17) is 9.84 Å². The van der Waals surface area contributed by atoms with Crippen LogP contribution in [0.4, 0.5) is 0 Å². The van der Waals surface area contributed by atoms with Gasteiger partial charge in [-0.25, -0.2) is 17.9 Å². The van der Waals surface area contributed by atoms with Gasteiger partial charge in [0.15, 0.2) is 0 Å². The van der Waals surface area contributed by atoms with Crippen LogP contribution in [0.3, 0.4) is 0 Å². The lowest BCUT2D eigenvalue weighted by molar-refractivity contribution is 0.0696. The highest BCUT2D eigenvalue weighted by Crippen LogP contribution is 2.20. The van der Waals surface area contributed by atoms with Gasteiger partial charge >= 0.3 is 5.97 Å². The standard InChI is InChI=1S/C12H15NO5S/c1-8-10(12(14)15)3-2-4-11(8)19(16,17)13-9-5-6-18-7-9/h2-4,9,13H,5-7H2,1H3,(H,14,15). The number of carboxylic acids is 1. The van der Waals surface area contributed by atoms with Crippen molar-refractivity contribution in [2.45, 2.75) is 24.3 Å². The highest BCUT2D eigenvalue weighted by Gasteiger charge is 2.26. The number of ether oxygens (including phenoxy) is 1. The third-order valence-electron chi connectivity index (χ3n) is 3.06. The van der Waals surface area contributed by atoms with E-state index >= 15 is 0 Å². The van der Waals surface area contributed by atoms with Crippen LogP contribution < -0.4 is 4.72 Å². The highest BCUT2D eigenvalue weighted by molar-refractivity contribution is 7.89. The zero-order valence-electron chi connectivity index (χ0n) is 10.4. The number of hydrogen-bond acceptors (Lipinski definition) is 4. The molecule has 1 fully saturated rings. The summed E-state index contributed by atoms with van der Waals surface area (Å²) in [6.07, 6.45) is 0.622. The van der Waals surface area contributed by atoms with Crippen LogP contribution in [-0.2, 0) is 14.8 Å². The Morgan fingerprint density at radius 2 is 2.21 bits per heavy atom. The van der Waals surface area contributed by atoms with Crippen molar-refractivity contribution in [1.82, 2.24) is 4.72 Å². The van der Waals surface area contributed by atoms with Gasteiger partial charge in [0.25, 0.3) is 0 Å². The lowest BCUT2D eigenvalue weighted by Gasteiger charge is -2.14. The van der Waals surface area contributed by atoms with Gasteiger partial charge in [-0.2, -0.15) is 0 Å². The fraction of sp³-hybridized carbons (Fsp3) is 0.417. The Labute approximate surface area is 111 Å². The average Bonchev–Trinajstić information content (AvgIpc) is 2.80. The van der Waals surface area contributed by atoms with Gasteiger partial charge in [-0.1, -0.05) is 6.07 Å². The first kappa shape index (κ1) is 14.0. The van der Waals surface area contributed by atoms with E-state index in [2.05, 4.69) is 4.72 Å². The Bertz CT molecular complexity index is 590. The number of carboxylic acid groups (broad SMARTS) is 1. The van der Waals surface area contributed by atoms with Gasteiger partial charge in [0, 0.05) is 12.6 Å². The Kier molecular flexibility index (Phi) is 3.88. The minimum absolute atomic E-state index is 0.000648. The van der Waals surface area contributed by atoms with E-state index in [1.165, 1.54) is 25.1 Å². The van der Waals surface area contributed by atoms with Crippen LogP contribution >= 0.6 is 0 Å². The van der Waals surface area contributed by atoms with Crippen molar-refractivity contribution in [1.29, 1.82) is 0 Å². The SMILES string of the molecule is Cc1c(C(=O)O)cccc1S(=O)(=O)NC1CCOC1. The number of nitrogens with one attached hydrogen (secondary N) is 1. The molecule has 7 heteroatoms. The molecule has 0 spiro atoms. The van der Waals surface area contributed by atoms with Gasteiger partial charge < -0.3 is 9.84 Å². The molecule has 1 aliphatic rings. The van der Waals surface area contributed by atoms with E-state index < -0.39 is 16.0 Å². The quantitative estimate of drug-likeness (QED) is 0.852. The third-order valence-corrected chi connectivity index (χ3v) is 4.72. The molecular formula is C12H15NO5S. The molecule has 19 heavy (non-hydrogen) atoms. The van der Waals surface area contributed by atoms with Crippen LogP contribution in [0, 0.1) is 6.92 Å². The fourth-order valence-corrected chi connectivity index (χ4v) is 3.57. The third kappa shape index (κ3) is 2.94. The van der Waals surface area contributed by atoms with Crippen LogP contribution in [-0.4, -0.2) is 38.7 Å². The number of aromatic carboxylic acids is 1. The van der Waals surface area contributed by atoms with Crippen LogP contribution in [0.25, 0.3) is 0 Å². The molecule has 104 valence electrons.